The van der Waals surface area contributed by atoms with Crippen LogP contribution in [0.15, 0.2) is 30.5 Å². The Morgan fingerprint density at radius 2 is 2.17 bits per heavy atom. The summed E-state index contributed by atoms with van der Waals surface area (Å²) >= 11 is 10.6. The molecule has 0 radical (unpaired) electrons. The molecule has 0 aliphatic carbocycles. The quantitative estimate of drug-likeness (QED) is 0.848. The van der Waals surface area contributed by atoms with E-state index in [0.29, 0.717) is 17.1 Å². The average Bonchev–Trinajstić information content (AvgIpc) is 2.34. The molecule has 18 heavy (non-hydrogen) atoms. The fourth-order valence-corrected chi connectivity index (χ4v) is 1.68. The van der Waals surface area contributed by atoms with Crippen LogP contribution in [0.4, 0.5) is 15.9 Å². The zero-order valence-electron chi connectivity index (χ0n) is 9.02. The number of nitrogens with one attached hydrogen (secondary N) is 1. The summed E-state index contributed by atoms with van der Waals surface area (Å²) in [5.41, 5.74) is 6.68. The maximum absolute atomic E-state index is 13.0. The van der Waals surface area contributed by atoms with Crippen molar-refractivity contribution in [1.29, 1.82) is 0 Å². The number of thiocarbonyl (C=S) groups is 1. The van der Waals surface area contributed by atoms with Gasteiger partial charge in [0.25, 0.3) is 0 Å². The number of benzene rings is 1. The fourth-order valence-electron chi connectivity index (χ4n) is 1.33. The van der Waals surface area contributed by atoms with Crippen LogP contribution in [0.2, 0.25) is 5.02 Å². The molecule has 0 spiro atoms. The van der Waals surface area contributed by atoms with E-state index in [-0.39, 0.29) is 10.0 Å². The van der Waals surface area contributed by atoms with Crippen LogP contribution in [0.25, 0.3) is 0 Å². The van der Waals surface area contributed by atoms with E-state index < -0.39 is 5.82 Å². The molecule has 0 saturated heterocycles. The number of halogens is 2. The summed E-state index contributed by atoms with van der Waals surface area (Å²) < 4.78 is 13.0. The Balaban J connectivity index is 2.34. The molecule has 0 aliphatic heterocycles. The molecular weight excluding hydrogens is 275 g/mol. The van der Waals surface area contributed by atoms with Crippen LogP contribution in [0.5, 0.6) is 0 Å². The highest BCUT2D eigenvalue weighted by molar-refractivity contribution is 7.80. The third-order valence-corrected chi connectivity index (χ3v) is 2.68. The number of anilines is 2. The standard InChI is InChI=1S/C11H8ClFN4S/c12-8-5-6(1-2-9(8)13)16-11-7(10(14)18)3-4-15-17-11/h1-5H,(H2,14,18)(H,16,17). The third kappa shape index (κ3) is 2.72. The van der Waals surface area contributed by atoms with Crippen LogP contribution in [0.3, 0.4) is 0 Å². The average molecular weight is 283 g/mol. The van der Waals surface area contributed by atoms with Crippen molar-refractivity contribution in [2.24, 2.45) is 5.73 Å². The molecule has 1 heterocycles. The Morgan fingerprint density at radius 3 is 2.83 bits per heavy atom. The summed E-state index contributed by atoms with van der Waals surface area (Å²) in [7, 11) is 0. The Hall–Kier alpha value is -1.79. The molecule has 1 aromatic heterocycles. The molecule has 92 valence electrons. The SMILES string of the molecule is NC(=S)c1ccnnc1Nc1ccc(F)c(Cl)c1. The van der Waals surface area contributed by atoms with Crippen molar-refractivity contribution in [2.75, 3.05) is 5.32 Å². The minimum atomic E-state index is -0.490. The van der Waals surface area contributed by atoms with Gasteiger partial charge in [-0.3, -0.25) is 0 Å². The maximum atomic E-state index is 13.0. The van der Waals surface area contributed by atoms with Gasteiger partial charge in [0.05, 0.1) is 16.8 Å². The van der Waals surface area contributed by atoms with E-state index in [1.54, 1.807) is 6.07 Å². The topological polar surface area (TPSA) is 63.8 Å². The molecule has 2 rings (SSSR count). The molecule has 1 aromatic carbocycles. The summed E-state index contributed by atoms with van der Waals surface area (Å²) in [5, 5.41) is 10.6. The Kier molecular flexibility index (Phi) is 3.69. The van der Waals surface area contributed by atoms with Crippen LogP contribution < -0.4 is 11.1 Å². The van der Waals surface area contributed by atoms with Crippen molar-refractivity contribution in [3.8, 4) is 0 Å². The van der Waals surface area contributed by atoms with Crippen molar-refractivity contribution >= 4 is 40.3 Å². The number of hydrogen-bond donors (Lipinski definition) is 2. The molecule has 0 aliphatic rings. The zero-order valence-corrected chi connectivity index (χ0v) is 10.6. The second-order valence-electron chi connectivity index (χ2n) is 3.41. The highest BCUT2D eigenvalue weighted by atomic mass is 35.5. The minimum Gasteiger partial charge on any atom is -0.389 e. The maximum Gasteiger partial charge on any atom is 0.163 e. The second kappa shape index (κ2) is 5.24. The van der Waals surface area contributed by atoms with Gasteiger partial charge in [0, 0.05) is 5.69 Å². The number of nitrogens with two attached hydrogens (primary N) is 1. The predicted octanol–water partition coefficient (Wildman–Crippen LogP) is 2.65. The van der Waals surface area contributed by atoms with Crippen LogP contribution in [-0.2, 0) is 0 Å². The van der Waals surface area contributed by atoms with Crippen molar-refractivity contribution in [3.05, 3.63) is 46.9 Å². The highest BCUT2D eigenvalue weighted by Gasteiger charge is 2.08. The monoisotopic (exact) mass is 282 g/mol. The molecule has 3 N–H and O–H groups in total. The first-order chi connectivity index (χ1) is 8.58. The summed E-state index contributed by atoms with van der Waals surface area (Å²) in [6.45, 7) is 0. The lowest BCUT2D eigenvalue weighted by atomic mass is 10.2. The van der Waals surface area contributed by atoms with E-state index in [4.69, 9.17) is 29.6 Å². The van der Waals surface area contributed by atoms with E-state index >= 15 is 0 Å². The van der Waals surface area contributed by atoms with Gasteiger partial charge in [-0.2, -0.15) is 5.10 Å². The Morgan fingerprint density at radius 1 is 1.39 bits per heavy atom. The number of rotatable bonds is 3. The summed E-state index contributed by atoms with van der Waals surface area (Å²) in [6.07, 6.45) is 1.48. The van der Waals surface area contributed by atoms with Gasteiger partial charge in [-0.25, -0.2) is 4.39 Å². The summed E-state index contributed by atoms with van der Waals surface area (Å²) in [6, 6.07) is 5.86. The predicted molar refractivity (Wildman–Crippen MR) is 72.6 cm³/mol. The zero-order chi connectivity index (χ0) is 13.1. The minimum absolute atomic E-state index is 0.0146. The molecule has 0 saturated carbocycles. The van der Waals surface area contributed by atoms with E-state index in [0.717, 1.165) is 0 Å². The lowest BCUT2D eigenvalue weighted by Crippen LogP contribution is -2.13. The largest absolute Gasteiger partial charge is 0.389 e. The first-order valence-electron chi connectivity index (χ1n) is 4.91. The number of hydrogen-bond acceptors (Lipinski definition) is 4. The summed E-state index contributed by atoms with van der Waals surface area (Å²) in [4.78, 5) is 0.195. The van der Waals surface area contributed by atoms with Gasteiger partial charge in [0.1, 0.15) is 10.8 Å². The normalized spacial score (nSPS) is 10.1. The van der Waals surface area contributed by atoms with Crippen molar-refractivity contribution in [2.45, 2.75) is 0 Å². The van der Waals surface area contributed by atoms with Crippen molar-refractivity contribution in [3.63, 3.8) is 0 Å². The lowest BCUT2D eigenvalue weighted by Gasteiger charge is -2.09. The van der Waals surface area contributed by atoms with Gasteiger partial charge in [-0.05, 0) is 24.3 Å². The fraction of sp³-hybridized carbons (Fsp3) is 0. The van der Waals surface area contributed by atoms with Crippen LogP contribution in [0.1, 0.15) is 5.56 Å². The van der Waals surface area contributed by atoms with Gasteiger partial charge in [0.15, 0.2) is 5.82 Å². The third-order valence-electron chi connectivity index (χ3n) is 2.17. The van der Waals surface area contributed by atoms with E-state index in [1.807, 2.05) is 0 Å². The van der Waals surface area contributed by atoms with E-state index in [2.05, 4.69) is 15.5 Å². The van der Waals surface area contributed by atoms with Crippen molar-refractivity contribution < 1.29 is 4.39 Å². The van der Waals surface area contributed by atoms with Gasteiger partial charge >= 0.3 is 0 Å². The molecule has 7 heteroatoms. The molecule has 0 atom stereocenters. The van der Waals surface area contributed by atoms with Gasteiger partial charge in [0.2, 0.25) is 0 Å². The van der Waals surface area contributed by atoms with Gasteiger partial charge in [-0.1, -0.05) is 23.8 Å². The first kappa shape index (κ1) is 12.7. The molecular formula is C11H8ClFN4S. The molecule has 0 fully saturated rings. The molecule has 4 nitrogen and oxygen atoms in total. The van der Waals surface area contributed by atoms with Crippen molar-refractivity contribution in [1.82, 2.24) is 10.2 Å². The van der Waals surface area contributed by atoms with E-state index in [1.165, 1.54) is 24.4 Å². The van der Waals surface area contributed by atoms with Gasteiger partial charge in [-0.15, -0.1) is 5.10 Å². The van der Waals surface area contributed by atoms with Gasteiger partial charge < -0.3 is 11.1 Å². The molecule has 0 unspecified atom stereocenters. The number of aromatic nitrogens is 2. The Bertz CT molecular complexity index is 605. The molecule has 0 amide bonds. The highest BCUT2D eigenvalue weighted by Crippen LogP contribution is 2.23. The first-order valence-corrected chi connectivity index (χ1v) is 5.70. The van der Waals surface area contributed by atoms with Crippen LogP contribution in [-0.4, -0.2) is 15.2 Å². The number of nitrogens with zero attached hydrogens (tertiary/aromatic N) is 2. The van der Waals surface area contributed by atoms with Crippen LogP contribution in [0, 0.1) is 5.82 Å². The second-order valence-corrected chi connectivity index (χ2v) is 4.26. The Labute approximate surface area is 113 Å². The van der Waals surface area contributed by atoms with E-state index in [9.17, 15) is 4.39 Å². The van der Waals surface area contributed by atoms with Crippen LogP contribution >= 0.6 is 23.8 Å². The molecule has 2 aromatic rings. The summed E-state index contributed by atoms with van der Waals surface area (Å²) in [5.74, 6) is -0.0939. The smallest absolute Gasteiger partial charge is 0.163 e. The lowest BCUT2D eigenvalue weighted by molar-refractivity contribution is 0.628. The molecule has 0 bridgehead atoms.